The zero-order chi connectivity index (χ0) is 13.1. The SMILES string of the molecule is CC1COCCC1C(=O)N(C)c1ccccc1N. The van der Waals surface area contributed by atoms with Gasteiger partial charge in [0, 0.05) is 26.2 Å². The smallest absolute Gasteiger partial charge is 0.230 e. The highest BCUT2D eigenvalue weighted by Gasteiger charge is 2.31. The third-order valence-electron chi connectivity index (χ3n) is 3.59. The van der Waals surface area contributed by atoms with Crippen LogP contribution < -0.4 is 10.6 Å². The van der Waals surface area contributed by atoms with Gasteiger partial charge in [-0.05, 0) is 24.5 Å². The fourth-order valence-electron chi connectivity index (χ4n) is 2.41. The summed E-state index contributed by atoms with van der Waals surface area (Å²) in [5.41, 5.74) is 7.32. The van der Waals surface area contributed by atoms with Gasteiger partial charge in [0.2, 0.25) is 5.91 Å². The summed E-state index contributed by atoms with van der Waals surface area (Å²) in [4.78, 5) is 14.1. The first kappa shape index (κ1) is 12.9. The molecule has 4 heteroatoms. The van der Waals surface area contributed by atoms with Gasteiger partial charge in [0.05, 0.1) is 11.4 Å². The lowest BCUT2D eigenvalue weighted by Crippen LogP contribution is -2.40. The second-order valence-corrected chi connectivity index (χ2v) is 4.90. The number of rotatable bonds is 2. The maximum atomic E-state index is 12.5. The molecule has 0 bridgehead atoms. The van der Waals surface area contributed by atoms with Crippen LogP contribution >= 0.6 is 0 Å². The third kappa shape index (κ3) is 2.48. The van der Waals surface area contributed by atoms with E-state index in [0.717, 1.165) is 12.1 Å². The van der Waals surface area contributed by atoms with Crippen LogP contribution in [-0.4, -0.2) is 26.2 Å². The second-order valence-electron chi connectivity index (χ2n) is 4.90. The Balaban J connectivity index is 2.16. The predicted octanol–water partition coefficient (Wildman–Crippen LogP) is 1.90. The first-order valence-electron chi connectivity index (χ1n) is 6.31. The highest BCUT2D eigenvalue weighted by atomic mass is 16.5. The van der Waals surface area contributed by atoms with E-state index in [-0.39, 0.29) is 17.7 Å². The lowest BCUT2D eigenvalue weighted by atomic mass is 9.88. The standard InChI is InChI=1S/C14H20N2O2/c1-10-9-18-8-7-11(10)14(17)16(2)13-6-4-3-5-12(13)15/h3-6,10-11H,7-9,15H2,1-2H3. The molecule has 1 aromatic rings. The number of carbonyl (C=O) groups excluding carboxylic acids is 1. The molecule has 0 aromatic heterocycles. The van der Waals surface area contributed by atoms with Gasteiger partial charge in [-0.3, -0.25) is 4.79 Å². The van der Waals surface area contributed by atoms with Crippen molar-refractivity contribution in [3.05, 3.63) is 24.3 Å². The minimum absolute atomic E-state index is 0.0309. The van der Waals surface area contributed by atoms with Gasteiger partial charge in [-0.2, -0.15) is 0 Å². The third-order valence-corrected chi connectivity index (χ3v) is 3.59. The van der Waals surface area contributed by atoms with Crippen LogP contribution in [0.2, 0.25) is 0 Å². The fraction of sp³-hybridized carbons (Fsp3) is 0.500. The van der Waals surface area contributed by atoms with Crippen molar-refractivity contribution in [1.82, 2.24) is 0 Å². The van der Waals surface area contributed by atoms with Gasteiger partial charge in [-0.1, -0.05) is 19.1 Å². The molecule has 0 saturated carbocycles. The van der Waals surface area contributed by atoms with E-state index in [1.165, 1.54) is 0 Å². The van der Waals surface area contributed by atoms with Crippen LogP contribution in [0.15, 0.2) is 24.3 Å². The van der Waals surface area contributed by atoms with Crippen LogP contribution in [0.1, 0.15) is 13.3 Å². The van der Waals surface area contributed by atoms with Crippen LogP contribution in [0, 0.1) is 11.8 Å². The minimum atomic E-state index is 0.0309. The molecular weight excluding hydrogens is 228 g/mol. The molecule has 98 valence electrons. The van der Waals surface area contributed by atoms with E-state index in [0.29, 0.717) is 18.9 Å². The second kappa shape index (κ2) is 5.40. The number of benzene rings is 1. The van der Waals surface area contributed by atoms with Crippen LogP contribution in [0.25, 0.3) is 0 Å². The number of nitrogens with two attached hydrogens (primary N) is 1. The van der Waals surface area contributed by atoms with E-state index in [1.807, 2.05) is 24.3 Å². The molecule has 1 aromatic carbocycles. The molecule has 1 aliphatic heterocycles. The number of carbonyl (C=O) groups is 1. The topological polar surface area (TPSA) is 55.6 Å². The summed E-state index contributed by atoms with van der Waals surface area (Å²) >= 11 is 0. The number of hydrogen-bond acceptors (Lipinski definition) is 3. The first-order chi connectivity index (χ1) is 8.61. The largest absolute Gasteiger partial charge is 0.397 e. The Bertz CT molecular complexity index is 434. The molecule has 0 aliphatic carbocycles. The summed E-state index contributed by atoms with van der Waals surface area (Å²) in [6.45, 7) is 3.39. The summed E-state index contributed by atoms with van der Waals surface area (Å²) in [6.07, 6.45) is 0.789. The molecule has 0 radical (unpaired) electrons. The van der Waals surface area contributed by atoms with Crippen molar-refractivity contribution < 1.29 is 9.53 Å². The molecule has 4 nitrogen and oxygen atoms in total. The Labute approximate surface area is 108 Å². The van der Waals surface area contributed by atoms with Crippen molar-refractivity contribution in [2.45, 2.75) is 13.3 Å². The van der Waals surface area contributed by atoms with Gasteiger partial charge in [0.25, 0.3) is 0 Å². The zero-order valence-corrected chi connectivity index (χ0v) is 10.9. The van der Waals surface area contributed by atoms with E-state index in [2.05, 4.69) is 6.92 Å². The number of nitrogen functional groups attached to an aromatic ring is 1. The molecule has 1 heterocycles. The van der Waals surface area contributed by atoms with Gasteiger partial charge in [0.15, 0.2) is 0 Å². The van der Waals surface area contributed by atoms with Gasteiger partial charge in [0.1, 0.15) is 0 Å². The lowest BCUT2D eigenvalue weighted by Gasteiger charge is -2.31. The van der Waals surface area contributed by atoms with Gasteiger partial charge >= 0.3 is 0 Å². The van der Waals surface area contributed by atoms with Crippen LogP contribution in [0.5, 0.6) is 0 Å². The number of anilines is 2. The summed E-state index contributed by atoms with van der Waals surface area (Å²) in [7, 11) is 1.79. The molecule has 2 atom stereocenters. The lowest BCUT2D eigenvalue weighted by molar-refractivity contribution is -0.127. The molecule has 2 unspecified atom stereocenters. The molecule has 2 N–H and O–H groups in total. The first-order valence-corrected chi connectivity index (χ1v) is 6.31. The molecule has 2 rings (SSSR count). The molecule has 1 aliphatic rings. The Morgan fingerprint density at radius 1 is 1.44 bits per heavy atom. The van der Waals surface area contributed by atoms with Crippen molar-refractivity contribution in [2.24, 2.45) is 11.8 Å². The molecule has 1 fully saturated rings. The van der Waals surface area contributed by atoms with Crippen molar-refractivity contribution in [2.75, 3.05) is 30.9 Å². The number of para-hydroxylation sites is 2. The molecule has 0 spiro atoms. The summed E-state index contributed by atoms with van der Waals surface area (Å²) in [6, 6.07) is 7.45. The summed E-state index contributed by atoms with van der Waals surface area (Å²) in [5, 5.41) is 0. The summed E-state index contributed by atoms with van der Waals surface area (Å²) < 4.78 is 5.38. The Morgan fingerprint density at radius 3 is 2.83 bits per heavy atom. The van der Waals surface area contributed by atoms with Crippen molar-refractivity contribution >= 4 is 17.3 Å². The van der Waals surface area contributed by atoms with Gasteiger partial charge < -0.3 is 15.4 Å². The maximum Gasteiger partial charge on any atom is 0.230 e. The Hall–Kier alpha value is -1.55. The van der Waals surface area contributed by atoms with Crippen molar-refractivity contribution in [3.8, 4) is 0 Å². The monoisotopic (exact) mass is 248 g/mol. The van der Waals surface area contributed by atoms with Crippen molar-refractivity contribution in [1.29, 1.82) is 0 Å². The normalized spacial score (nSPS) is 23.7. The van der Waals surface area contributed by atoms with Crippen LogP contribution in [0.3, 0.4) is 0 Å². The van der Waals surface area contributed by atoms with E-state index < -0.39 is 0 Å². The van der Waals surface area contributed by atoms with E-state index in [1.54, 1.807) is 11.9 Å². The summed E-state index contributed by atoms with van der Waals surface area (Å²) in [5.74, 6) is 0.422. The fourth-order valence-corrected chi connectivity index (χ4v) is 2.41. The molecule has 18 heavy (non-hydrogen) atoms. The quantitative estimate of drug-likeness (QED) is 0.813. The van der Waals surface area contributed by atoms with E-state index >= 15 is 0 Å². The number of amides is 1. The Kier molecular flexibility index (Phi) is 3.87. The number of nitrogens with zero attached hydrogens (tertiary/aromatic N) is 1. The predicted molar refractivity (Wildman–Crippen MR) is 72.4 cm³/mol. The highest BCUT2D eigenvalue weighted by molar-refractivity contribution is 5.97. The van der Waals surface area contributed by atoms with E-state index in [4.69, 9.17) is 10.5 Å². The molecule has 1 saturated heterocycles. The van der Waals surface area contributed by atoms with Gasteiger partial charge in [-0.25, -0.2) is 0 Å². The van der Waals surface area contributed by atoms with E-state index in [9.17, 15) is 4.79 Å². The highest BCUT2D eigenvalue weighted by Crippen LogP contribution is 2.28. The molecular formula is C14H20N2O2. The average Bonchev–Trinajstić information content (AvgIpc) is 2.38. The van der Waals surface area contributed by atoms with Crippen molar-refractivity contribution in [3.63, 3.8) is 0 Å². The average molecular weight is 248 g/mol. The van der Waals surface area contributed by atoms with Crippen LogP contribution in [-0.2, 0) is 9.53 Å². The number of hydrogen-bond donors (Lipinski definition) is 1. The minimum Gasteiger partial charge on any atom is -0.397 e. The maximum absolute atomic E-state index is 12.5. The van der Waals surface area contributed by atoms with Gasteiger partial charge in [-0.15, -0.1) is 0 Å². The Morgan fingerprint density at radius 2 is 2.17 bits per heavy atom. The molecule has 1 amide bonds. The number of ether oxygens (including phenoxy) is 1. The van der Waals surface area contributed by atoms with Crippen LogP contribution in [0.4, 0.5) is 11.4 Å². The zero-order valence-electron chi connectivity index (χ0n) is 10.9.